The van der Waals surface area contributed by atoms with Gasteiger partial charge in [-0.2, -0.15) is 0 Å². The van der Waals surface area contributed by atoms with E-state index >= 15 is 0 Å². The van der Waals surface area contributed by atoms with Gasteiger partial charge in [0.1, 0.15) is 0 Å². The molecule has 1 atom stereocenters. The molecule has 0 radical (unpaired) electrons. The second-order valence-electron chi connectivity index (χ2n) is 4.56. The third-order valence-corrected chi connectivity index (χ3v) is 3.28. The number of piperidine rings is 1. The second kappa shape index (κ2) is 7.97. The second-order valence-corrected chi connectivity index (χ2v) is 4.56. The predicted molar refractivity (Wildman–Crippen MR) is 81.1 cm³/mol. The van der Waals surface area contributed by atoms with Gasteiger partial charge < -0.3 is 20.1 Å². The minimum absolute atomic E-state index is 0. The largest absolute Gasteiger partial charge is 0.493 e. The zero-order valence-electron chi connectivity index (χ0n) is 11.8. The number of rotatable bonds is 4. The van der Waals surface area contributed by atoms with Crippen LogP contribution in [0.3, 0.4) is 0 Å². The maximum atomic E-state index is 12.1. The molecule has 1 saturated heterocycles. The smallest absolute Gasteiger partial charge is 0.241 e. The van der Waals surface area contributed by atoms with Crippen molar-refractivity contribution in [3.63, 3.8) is 0 Å². The van der Waals surface area contributed by atoms with Gasteiger partial charge in [-0.1, -0.05) is 6.42 Å². The van der Waals surface area contributed by atoms with Gasteiger partial charge in [0.2, 0.25) is 5.91 Å². The summed E-state index contributed by atoms with van der Waals surface area (Å²) in [7, 11) is 3.16. The number of hydrogen-bond donors (Lipinski definition) is 2. The predicted octanol–water partition coefficient (Wildman–Crippen LogP) is 2.21. The van der Waals surface area contributed by atoms with Crippen LogP contribution in [0.25, 0.3) is 0 Å². The molecule has 0 spiro atoms. The SMILES string of the molecule is COc1ccc(NC(=O)[C@H]2CCCCN2)cc1OC.Cl. The van der Waals surface area contributed by atoms with E-state index in [0.717, 1.165) is 31.5 Å². The average Bonchev–Trinajstić information content (AvgIpc) is 2.48. The van der Waals surface area contributed by atoms with Crippen molar-refractivity contribution >= 4 is 24.0 Å². The highest BCUT2D eigenvalue weighted by Crippen LogP contribution is 2.29. The lowest BCUT2D eigenvalue weighted by atomic mass is 10.0. The van der Waals surface area contributed by atoms with Gasteiger partial charge in [-0.05, 0) is 31.5 Å². The lowest BCUT2D eigenvalue weighted by molar-refractivity contribution is -0.118. The van der Waals surface area contributed by atoms with E-state index in [4.69, 9.17) is 9.47 Å². The van der Waals surface area contributed by atoms with Crippen molar-refractivity contribution in [2.75, 3.05) is 26.1 Å². The minimum atomic E-state index is -0.0955. The third kappa shape index (κ3) is 4.02. The fourth-order valence-corrected chi connectivity index (χ4v) is 2.22. The van der Waals surface area contributed by atoms with Crippen LogP contribution in [0.5, 0.6) is 11.5 Å². The van der Waals surface area contributed by atoms with Gasteiger partial charge in [-0.25, -0.2) is 0 Å². The summed E-state index contributed by atoms with van der Waals surface area (Å²) in [6, 6.07) is 5.26. The Labute approximate surface area is 125 Å². The lowest BCUT2D eigenvalue weighted by Gasteiger charge is -2.22. The van der Waals surface area contributed by atoms with Crippen molar-refractivity contribution in [3.8, 4) is 11.5 Å². The third-order valence-electron chi connectivity index (χ3n) is 3.28. The zero-order valence-corrected chi connectivity index (χ0v) is 12.6. The molecule has 6 heteroatoms. The molecule has 1 aliphatic heterocycles. The maximum absolute atomic E-state index is 12.1. The van der Waals surface area contributed by atoms with E-state index in [1.165, 1.54) is 0 Å². The molecule has 0 aromatic heterocycles. The first-order valence-corrected chi connectivity index (χ1v) is 6.51. The number of anilines is 1. The van der Waals surface area contributed by atoms with E-state index in [0.29, 0.717) is 11.5 Å². The Morgan fingerprint density at radius 1 is 1.25 bits per heavy atom. The van der Waals surface area contributed by atoms with E-state index in [2.05, 4.69) is 10.6 Å². The molecule has 0 unspecified atom stereocenters. The number of halogens is 1. The first-order valence-electron chi connectivity index (χ1n) is 6.51. The molecule has 1 heterocycles. The van der Waals surface area contributed by atoms with Crippen molar-refractivity contribution in [3.05, 3.63) is 18.2 Å². The van der Waals surface area contributed by atoms with E-state index < -0.39 is 0 Å². The first kappa shape index (κ1) is 16.6. The van der Waals surface area contributed by atoms with Crippen molar-refractivity contribution in [1.82, 2.24) is 5.32 Å². The van der Waals surface area contributed by atoms with Gasteiger partial charge in [0, 0.05) is 11.8 Å². The molecule has 1 fully saturated rings. The molecule has 2 N–H and O–H groups in total. The van der Waals surface area contributed by atoms with E-state index in [-0.39, 0.29) is 24.4 Å². The van der Waals surface area contributed by atoms with Crippen LogP contribution in [-0.2, 0) is 4.79 Å². The number of methoxy groups -OCH3 is 2. The standard InChI is InChI=1S/C14H20N2O3.ClH/c1-18-12-7-6-10(9-13(12)19-2)16-14(17)11-5-3-4-8-15-11;/h6-7,9,11,15H,3-5,8H2,1-2H3,(H,16,17);1H/t11-;/m1./s1. The number of amides is 1. The van der Waals surface area contributed by atoms with Crippen LogP contribution in [-0.4, -0.2) is 32.7 Å². The van der Waals surface area contributed by atoms with Crippen LogP contribution >= 0.6 is 12.4 Å². The molecule has 1 aromatic rings. The fraction of sp³-hybridized carbons (Fsp3) is 0.500. The van der Waals surface area contributed by atoms with E-state index in [1.807, 2.05) is 6.07 Å². The first-order chi connectivity index (χ1) is 9.24. The molecule has 0 aliphatic carbocycles. The molecule has 2 rings (SSSR count). The Morgan fingerprint density at radius 3 is 2.60 bits per heavy atom. The average molecular weight is 301 g/mol. The number of hydrogen-bond acceptors (Lipinski definition) is 4. The van der Waals surface area contributed by atoms with Gasteiger partial charge in [0.25, 0.3) is 0 Å². The highest BCUT2D eigenvalue weighted by molar-refractivity contribution is 5.95. The summed E-state index contributed by atoms with van der Waals surface area (Å²) >= 11 is 0. The van der Waals surface area contributed by atoms with Crippen LogP contribution in [0.15, 0.2) is 18.2 Å². The number of carbonyl (C=O) groups excluding carboxylic acids is 1. The van der Waals surface area contributed by atoms with Crippen LogP contribution < -0.4 is 20.1 Å². The summed E-state index contributed by atoms with van der Waals surface area (Å²) in [6.45, 7) is 0.907. The summed E-state index contributed by atoms with van der Waals surface area (Å²) < 4.78 is 10.4. The van der Waals surface area contributed by atoms with Crippen LogP contribution in [0.1, 0.15) is 19.3 Å². The molecule has 1 aromatic carbocycles. The molecule has 1 aliphatic rings. The monoisotopic (exact) mass is 300 g/mol. The highest BCUT2D eigenvalue weighted by atomic mass is 35.5. The maximum Gasteiger partial charge on any atom is 0.241 e. The van der Waals surface area contributed by atoms with Gasteiger partial charge in [0.05, 0.1) is 20.3 Å². The zero-order chi connectivity index (χ0) is 13.7. The van der Waals surface area contributed by atoms with Crippen molar-refractivity contribution in [1.29, 1.82) is 0 Å². The van der Waals surface area contributed by atoms with Gasteiger partial charge in [-0.15, -0.1) is 12.4 Å². The molecular formula is C14H21ClN2O3. The summed E-state index contributed by atoms with van der Waals surface area (Å²) in [6.07, 6.45) is 3.12. The summed E-state index contributed by atoms with van der Waals surface area (Å²) in [5.74, 6) is 1.26. The number of nitrogens with one attached hydrogen (secondary N) is 2. The van der Waals surface area contributed by atoms with Crippen LogP contribution in [0.2, 0.25) is 0 Å². The Hall–Kier alpha value is -1.46. The molecular weight excluding hydrogens is 280 g/mol. The van der Waals surface area contributed by atoms with Crippen LogP contribution in [0.4, 0.5) is 5.69 Å². The van der Waals surface area contributed by atoms with Crippen molar-refractivity contribution < 1.29 is 14.3 Å². The summed E-state index contributed by atoms with van der Waals surface area (Å²) in [5.41, 5.74) is 0.718. The Kier molecular flexibility index (Phi) is 6.61. The van der Waals surface area contributed by atoms with E-state index in [1.54, 1.807) is 26.4 Å². The normalized spacial score (nSPS) is 17.8. The van der Waals surface area contributed by atoms with Crippen molar-refractivity contribution in [2.24, 2.45) is 0 Å². The van der Waals surface area contributed by atoms with Crippen LogP contribution in [0, 0.1) is 0 Å². The highest BCUT2D eigenvalue weighted by Gasteiger charge is 2.20. The summed E-state index contributed by atoms with van der Waals surface area (Å²) in [4.78, 5) is 12.1. The van der Waals surface area contributed by atoms with Gasteiger partial charge in [0.15, 0.2) is 11.5 Å². The van der Waals surface area contributed by atoms with Gasteiger partial charge >= 0.3 is 0 Å². The molecule has 112 valence electrons. The van der Waals surface area contributed by atoms with Gasteiger partial charge in [-0.3, -0.25) is 4.79 Å². The van der Waals surface area contributed by atoms with Crippen molar-refractivity contribution in [2.45, 2.75) is 25.3 Å². The molecule has 0 saturated carbocycles. The minimum Gasteiger partial charge on any atom is -0.493 e. The number of carbonyl (C=O) groups is 1. The Morgan fingerprint density at radius 2 is 2.00 bits per heavy atom. The number of ether oxygens (including phenoxy) is 2. The fourth-order valence-electron chi connectivity index (χ4n) is 2.22. The lowest BCUT2D eigenvalue weighted by Crippen LogP contribution is -2.43. The summed E-state index contributed by atoms with van der Waals surface area (Å²) in [5, 5.41) is 6.12. The quantitative estimate of drug-likeness (QED) is 0.895. The molecule has 5 nitrogen and oxygen atoms in total. The molecule has 20 heavy (non-hydrogen) atoms. The molecule has 0 bridgehead atoms. The number of benzene rings is 1. The topological polar surface area (TPSA) is 59.6 Å². The Bertz CT molecular complexity index is 448. The van der Waals surface area contributed by atoms with E-state index in [9.17, 15) is 4.79 Å². The Balaban J connectivity index is 0.00000200. The molecule has 1 amide bonds.